The number of alkyl halides is 2. The molecule has 0 fully saturated rings. The minimum absolute atomic E-state index is 0. The van der Waals surface area contributed by atoms with Crippen LogP contribution in [0.2, 0.25) is 10.0 Å². The Balaban J connectivity index is 0.00000361. The number of hydrogen-bond donors (Lipinski definition) is 2. The summed E-state index contributed by atoms with van der Waals surface area (Å²) in [5.74, 6) is -3.33. The van der Waals surface area contributed by atoms with E-state index >= 15 is 0 Å². The summed E-state index contributed by atoms with van der Waals surface area (Å²) in [4.78, 5) is -0.349. The van der Waals surface area contributed by atoms with Gasteiger partial charge in [-0.05, 0) is 28.1 Å². The molecule has 1 aromatic rings. The van der Waals surface area contributed by atoms with E-state index < -0.39 is 29.0 Å². The summed E-state index contributed by atoms with van der Waals surface area (Å²) in [6.07, 6.45) is 0. The molecule has 0 unspecified atom stereocenters. The van der Waals surface area contributed by atoms with Crippen LogP contribution in [0.25, 0.3) is 0 Å². The number of rotatable bonds is 5. The summed E-state index contributed by atoms with van der Waals surface area (Å²) in [6, 6.07) is 2.33. The SMILES string of the molecule is Cl.NCC(F)(F)CNS(=O)(=O)c1cc(Br)c(Cl)cc1Cl. The third-order valence-corrected chi connectivity index (χ3v) is 5.15. The molecule has 0 saturated carbocycles. The molecular weight excluding hydrogens is 424 g/mol. The predicted molar refractivity (Wildman–Crippen MR) is 80.6 cm³/mol. The largest absolute Gasteiger partial charge is 0.325 e. The number of nitrogens with two attached hydrogens (primary N) is 1. The molecule has 0 radical (unpaired) electrons. The monoisotopic (exact) mass is 432 g/mol. The minimum Gasteiger partial charge on any atom is -0.325 e. The quantitative estimate of drug-likeness (QED) is 0.700. The fraction of sp³-hybridized carbons (Fsp3) is 0.333. The summed E-state index contributed by atoms with van der Waals surface area (Å²) < 4.78 is 51.6. The standard InChI is InChI=1S/C9H9BrCl2F2N2O2S.ClH/c10-5-1-8(7(12)2-6(5)11)19(17,18)16-4-9(13,14)3-15;/h1-2,16H,3-4,15H2;1H. The van der Waals surface area contributed by atoms with Crippen LogP contribution in [0.5, 0.6) is 0 Å². The normalized spacial score (nSPS) is 12.1. The topological polar surface area (TPSA) is 72.2 Å². The van der Waals surface area contributed by atoms with Crippen molar-refractivity contribution in [2.45, 2.75) is 10.8 Å². The highest BCUT2D eigenvalue weighted by atomic mass is 79.9. The second-order valence-corrected chi connectivity index (χ2v) is 6.99. The van der Waals surface area contributed by atoms with Crippen LogP contribution in [0, 0.1) is 0 Å². The molecule has 4 nitrogen and oxygen atoms in total. The van der Waals surface area contributed by atoms with Gasteiger partial charge in [-0.15, -0.1) is 12.4 Å². The molecule has 0 aliphatic heterocycles. The average molecular weight is 435 g/mol. The summed E-state index contributed by atoms with van der Waals surface area (Å²) in [5, 5.41) is 0.0352. The molecule has 0 amide bonds. The number of hydrogen-bond acceptors (Lipinski definition) is 3. The van der Waals surface area contributed by atoms with Gasteiger partial charge in [0.2, 0.25) is 10.0 Å². The first kappa shape index (κ1) is 20.3. The van der Waals surface area contributed by atoms with Crippen LogP contribution in [0.4, 0.5) is 8.78 Å². The van der Waals surface area contributed by atoms with Crippen LogP contribution < -0.4 is 10.5 Å². The van der Waals surface area contributed by atoms with Crippen molar-refractivity contribution < 1.29 is 17.2 Å². The van der Waals surface area contributed by atoms with Gasteiger partial charge in [-0.1, -0.05) is 23.2 Å². The number of benzene rings is 1. The highest BCUT2D eigenvalue weighted by Gasteiger charge is 2.30. The van der Waals surface area contributed by atoms with Crippen LogP contribution in [0.1, 0.15) is 0 Å². The van der Waals surface area contributed by atoms with Crippen molar-refractivity contribution >= 4 is 61.6 Å². The van der Waals surface area contributed by atoms with E-state index in [4.69, 9.17) is 28.9 Å². The van der Waals surface area contributed by atoms with Gasteiger partial charge in [0.1, 0.15) is 4.90 Å². The maximum atomic E-state index is 12.9. The first-order chi connectivity index (χ1) is 8.59. The molecule has 3 N–H and O–H groups in total. The third kappa shape index (κ3) is 5.25. The van der Waals surface area contributed by atoms with Gasteiger partial charge in [0.25, 0.3) is 5.92 Å². The second-order valence-electron chi connectivity index (χ2n) is 3.58. The molecule has 116 valence electrons. The minimum atomic E-state index is -4.18. The van der Waals surface area contributed by atoms with Crippen LogP contribution in [0.15, 0.2) is 21.5 Å². The van der Waals surface area contributed by atoms with E-state index in [2.05, 4.69) is 15.9 Å². The van der Waals surface area contributed by atoms with Gasteiger partial charge in [0.05, 0.1) is 23.1 Å². The van der Waals surface area contributed by atoms with Crippen molar-refractivity contribution in [3.8, 4) is 0 Å². The fourth-order valence-corrected chi connectivity index (χ4v) is 3.39. The molecule has 0 bridgehead atoms. The molecule has 1 rings (SSSR count). The van der Waals surface area contributed by atoms with E-state index in [1.54, 1.807) is 4.72 Å². The fourth-order valence-electron chi connectivity index (χ4n) is 1.06. The zero-order valence-electron chi connectivity index (χ0n) is 9.67. The van der Waals surface area contributed by atoms with E-state index in [-0.39, 0.29) is 31.8 Å². The van der Waals surface area contributed by atoms with Crippen LogP contribution in [0.3, 0.4) is 0 Å². The molecule has 0 aliphatic carbocycles. The van der Waals surface area contributed by atoms with Crippen molar-refractivity contribution in [2.75, 3.05) is 13.1 Å². The molecule has 1 aromatic carbocycles. The van der Waals surface area contributed by atoms with Gasteiger partial charge in [-0.3, -0.25) is 0 Å². The molecule has 11 heteroatoms. The molecular formula is C9H10BrCl3F2N2O2S. The maximum Gasteiger partial charge on any atom is 0.273 e. The van der Waals surface area contributed by atoms with E-state index in [9.17, 15) is 17.2 Å². The van der Waals surface area contributed by atoms with Crippen molar-refractivity contribution in [2.24, 2.45) is 5.73 Å². The lowest BCUT2D eigenvalue weighted by Gasteiger charge is -2.15. The Morgan fingerprint density at radius 2 is 1.85 bits per heavy atom. The van der Waals surface area contributed by atoms with Gasteiger partial charge in [-0.2, -0.15) is 0 Å². The zero-order chi connectivity index (χ0) is 14.8. The Morgan fingerprint density at radius 1 is 1.30 bits per heavy atom. The van der Waals surface area contributed by atoms with Gasteiger partial charge in [-0.25, -0.2) is 21.9 Å². The first-order valence-corrected chi connectivity index (χ1v) is 7.84. The summed E-state index contributed by atoms with van der Waals surface area (Å²) in [6.45, 7) is -2.07. The van der Waals surface area contributed by atoms with E-state index in [1.165, 1.54) is 6.07 Å². The smallest absolute Gasteiger partial charge is 0.273 e. The summed E-state index contributed by atoms with van der Waals surface area (Å²) in [5.41, 5.74) is 4.81. The lowest BCUT2D eigenvalue weighted by molar-refractivity contribution is 0.0170. The zero-order valence-corrected chi connectivity index (χ0v) is 14.4. The predicted octanol–water partition coefficient (Wildman–Crippen LogP) is 3.05. The van der Waals surface area contributed by atoms with Crippen molar-refractivity contribution in [3.63, 3.8) is 0 Å². The average Bonchev–Trinajstić information content (AvgIpc) is 2.31. The Kier molecular flexibility index (Phi) is 7.64. The van der Waals surface area contributed by atoms with Gasteiger partial charge >= 0.3 is 0 Å². The molecule has 0 aromatic heterocycles. The van der Waals surface area contributed by atoms with E-state index in [1.807, 2.05) is 0 Å². The molecule has 20 heavy (non-hydrogen) atoms. The van der Waals surface area contributed by atoms with Crippen molar-refractivity contribution in [3.05, 3.63) is 26.7 Å². The highest BCUT2D eigenvalue weighted by Crippen LogP contribution is 2.31. The molecule has 0 aliphatic rings. The highest BCUT2D eigenvalue weighted by molar-refractivity contribution is 9.10. The van der Waals surface area contributed by atoms with Gasteiger partial charge < -0.3 is 5.73 Å². The second kappa shape index (κ2) is 7.53. The lowest BCUT2D eigenvalue weighted by atomic mass is 10.3. The van der Waals surface area contributed by atoms with Crippen LogP contribution in [-0.2, 0) is 10.0 Å². The summed E-state index contributed by atoms with van der Waals surface area (Å²) in [7, 11) is -4.18. The Bertz CT molecular complexity index is 587. The summed E-state index contributed by atoms with van der Waals surface area (Å²) >= 11 is 14.5. The van der Waals surface area contributed by atoms with Gasteiger partial charge in [0.15, 0.2) is 0 Å². The van der Waals surface area contributed by atoms with E-state index in [0.29, 0.717) is 0 Å². The molecule has 0 atom stereocenters. The number of sulfonamides is 1. The van der Waals surface area contributed by atoms with Crippen LogP contribution in [-0.4, -0.2) is 27.4 Å². The van der Waals surface area contributed by atoms with Crippen molar-refractivity contribution in [1.29, 1.82) is 0 Å². The Morgan fingerprint density at radius 3 is 2.35 bits per heavy atom. The van der Waals surface area contributed by atoms with E-state index in [0.717, 1.165) is 6.07 Å². The first-order valence-electron chi connectivity index (χ1n) is 4.81. The Labute approximate surface area is 139 Å². The molecule has 0 heterocycles. The van der Waals surface area contributed by atoms with Crippen molar-refractivity contribution in [1.82, 2.24) is 4.72 Å². The van der Waals surface area contributed by atoms with Gasteiger partial charge in [0, 0.05) is 4.47 Å². The molecule has 0 spiro atoms. The lowest BCUT2D eigenvalue weighted by Crippen LogP contribution is -2.41. The third-order valence-electron chi connectivity index (χ3n) is 2.08. The number of halogens is 6. The number of nitrogens with one attached hydrogen (secondary N) is 1. The molecule has 0 saturated heterocycles. The Hall–Kier alpha value is 0.300. The maximum absolute atomic E-state index is 12.9. The van der Waals surface area contributed by atoms with Crippen LogP contribution >= 0.6 is 51.5 Å².